The number of carbonyl (C=O) groups is 1. The molecule has 2 unspecified atom stereocenters. The van der Waals surface area contributed by atoms with Crippen molar-refractivity contribution in [3.63, 3.8) is 0 Å². The van der Waals surface area contributed by atoms with Crippen LogP contribution in [-0.4, -0.2) is 88.1 Å². The van der Waals surface area contributed by atoms with Gasteiger partial charge in [0, 0.05) is 48.5 Å². The van der Waals surface area contributed by atoms with E-state index in [1.54, 1.807) is 30.2 Å². The number of halogens is 1. The van der Waals surface area contributed by atoms with Crippen LogP contribution in [0.5, 0.6) is 28.7 Å². The zero-order valence-electron chi connectivity index (χ0n) is 43.1. The Balaban J connectivity index is 0.000000198. The smallest absolute Gasteiger partial charge is 0.410 e. The van der Waals surface area contributed by atoms with Crippen LogP contribution in [0.15, 0.2) is 107 Å². The third-order valence-electron chi connectivity index (χ3n) is 14.1. The average Bonchev–Trinajstić information content (AvgIpc) is 4.36. The van der Waals surface area contributed by atoms with Crippen LogP contribution in [0.3, 0.4) is 0 Å². The summed E-state index contributed by atoms with van der Waals surface area (Å²) in [5.74, 6) is 4.38. The molecule has 7 aromatic rings. The quantitative estimate of drug-likeness (QED) is 0.0808. The lowest BCUT2D eigenvalue weighted by atomic mass is 9.88. The molecule has 2 aliphatic carbocycles. The van der Waals surface area contributed by atoms with Gasteiger partial charge in [-0.3, -0.25) is 9.59 Å². The fourth-order valence-electron chi connectivity index (χ4n) is 9.87. The number of aromatic hydroxyl groups is 1. The molecule has 2 saturated heterocycles. The molecule has 16 heteroatoms. The summed E-state index contributed by atoms with van der Waals surface area (Å²) in [6.07, 6.45) is 8.33. The van der Waals surface area contributed by atoms with Crippen LogP contribution in [0, 0.1) is 11.8 Å². The van der Waals surface area contributed by atoms with Gasteiger partial charge in [0.15, 0.2) is 0 Å². The van der Waals surface area contributed by atoms with Gasteiger partial charge in [0.1, 0.15) is 52.2 Å². The van der Waals surface area contributed by atoms with E-state index in [1.807, 2.05) is 81.4 Å². The summed E-state index contributed by atoms with van der Waals surface area (Å²) in [4.78, 5) is 54.8. The van der Waals surface area contributed by atoms with Gasteiger partial charge < -0.3 is 49.0 Å². The largest absolute Gasteiger partial charge is 0.507 e. The molecule has 4 aliphatic rings. The van der Waals surface area contributed by atoms with E-state index >= 15 is 0 Å². The number of aromatic nitrogens is 4. The topological polar surface area (TPSA) is 190 Å². The number of nitrogens with zero attached hydrogens (tertiary/aromatic N) is 3. The second-order valence-corrected chi connectivity index (χ2v) is 21.1. The molecule has 2 aliphatic heterocycles. The number of pyridine rings is 4. The van der Waals surface area contributed by atoms with Crippen LogP contribution < -0.4 is 35.4 Å². The third-order valence-corrected chi connectivity index (χ3v) is 14.1. The van der Waals surface area contributed by atoms with Crippen LogP contribution in [0.4, 0.5) is 4.79 Å². The minimum absolute atomic E-state index is 0. The SMILES string of the molecule is COc1ccc(COc2cccc(OCC3CC3)c2-c2cc(C3CCCN(C(=O)OC(C)(C)C)C3)c3ccc(=O)[nH]c3n2)cc1.Cl.O=c1ccc2c(C3CCCNC3)cc(-c3c(O)cccc3OCC3CC3)nc2[nH]1. The highest BCUT2D eigenvalue weighted by molar-refractivity contribution is 5.87. The highest BCUT2D eigenvalue weighted by Gasteiger charge is 2.31. The van der Waals surface area contributed by atoms with Crippen molar-refractivity contribution in [3.05, 3.63) is 134 Å². The maximum atomic E-state index is 13.0. The highest BCUT2D eigenvalue weighted by Crippen LogP contribution is 2.44. The average molecular weight is 1040 g/mol. The first kappa shape index (κ1) is 52.8. The summed E-state index contributed by atoms with van der Waals surface area (Å²) in [5.41, 5.74) is 5.79. The predicted molar refractivity (Wildman–Crippen MR) is 293 cm³/mol. The lowest BCUT2D eigenvalue weighted by Crippen LogP contribution is -2.42. The number of amides is 1. The Hall–Kier alpha value is -7.10. The Morgan fingerprint density at radius 2 is 1.25 bits per heavy atom. The van der Waals surface area contributed by atoms with Gasteiger partial charge in [-0.1, -0.05) is 24.3 Å². The number of piperidine rings is 2. The summed E-state index contributed by atoms with van der Waals surface area (Å²) >= 11 is 0. The van der Waals surface area contributed by atoms with E-state index in [9.17, 15) is 19.5 Å². The van der Waals surface area contributed by atoms with Gasteiger partial charge >= 0.3 is 6.09 Å². The number of hydrogen-bond donors (Lipinski definition) is 4. The lowest BCUT2D eigenvalue weighted by Gasteiger charge is -2.34. The number of methoxy groups -OCH3 is 1. The van der Waals surface area contributed by atoms with Crippen molar-refractivity contribution in [1.29, 1.82) is 0 Å². The number of phenolic OH excluding ortho intramolecular Hbond substituents is 1. The molecule has 1 amide bonds. The van der Waals surface area contributed by atoms with Gasteiger partial charge in [-0.25, -0.2) is 14.8 Å². The molecule has 2 saturated carbocycles. The van der Waals surface area contributed by atoms with Gasteiger partial charge in [-0.15, -0.1) is 12.4 Å². The van der Waals surface area contributed by atoms with Gasteiger partial charge in [-0.05, 0) is 174 Å². The van der Waals surface area contributed by atoms with E-state index < -0.39 is 5.60 Å². The van der Waals surface area contributed by atoms with E-state index in [0.717, 1.165) is 77.5 Å². The first-order valence-corrected chi connectivity index (χ1v) is 26.1. The number of benzene rings is 3. The Morgan fingerprint density at radius 3 is 1.83 bits per heavy atom. The number of ether oxygens (including phenoxy) is 5. The van der Waals surface area contributed by atoms with E-state index in [1.165, 1.54) is 31.7 Å². The second kappa shape index (κ2) is 23.2. The molecule has 0 bridgehead atoms. The van der Waals surface area contributed by atoms with Crippen molar-refractivity contribution in [3.8, 4) is 51.3 Å². The third kappa shape index (κ3) is 13.1. The standard InChI is InChI=1S/C36H41N3O6.C23H25N3O3.ClH/c1-36(2,3)45-35(41)39-18-6-7-25(20-39)28-19-29(37-34-27(28)16-17-32(40)38-34)33-30(43-21-23-10-11-23)8-5-9-31(33)44-22-24-12-14-26(42-4)15-13-24;27-19-4-1-5-20(29-13-14-6-7-14)22(19)18-11-17(15-3-2-10-24-12-15)16-8-9-21(28)26-23(16)25-18;/h5,8-9,12-17,19,23,25H,6-7,10-11,18,20-22H2,1-4H3,(H,37,38,40);1,4-5,8-9,11,14-15,24,27H,2-3,6-7,10,12-13H2,(H,25,26,28);1H. The molecule has 2 atom stereocenters. The minimum Gasteiger partial charge on any atom is -0.507 e. The molecule has 3 aromatic carbocycles. The number of nitrogens with one attached hydrogen (secondary N) is 3. The van der Waals surface area contributed by atoms with Crippen LogP contribution in [0.1, 0.15) is 101 Å². The Bertz CT molecular complexity index is 3250. The number of fused-ring (bicyclic) bond motifs is 2. The molecule has 6 heterocycles. The van der Waals surface area contributed by atoms with Gasteiger partial charge in [0.2, 0.25) is 11.1 Å². The summed E-state index contributed by atoms with van der Waals surface area (Å²) in [6.45, 7) is 10.3. The van der Waals surface area contributed by atoms with Crippen molar-refractivity contribution in [2.24, 2.45) is 11.8 Å². The van der Waals surface area contributed by atoms with Crippen LogP contribution in [0.25, 0.3) is 44.6 Å². The van der Waals surface area contributed by atoms with Crippen LogP contribution in [0.2, 0.25) is 0 Å². The summed E-state index contributed by atoms with van der Waals surface area (Å²) in [6, 6.07) is 29.8. The van der Waals surface area contributed by atoms with E-state index in [4.69, 9.17) is 33.7 Å². The van der Waals surface area contributed by atoms with Gasteiger partial charge in [0.25, 0.3) is 0 Å². The maximum Gasteiger partial charge on any atom is 0.410 e. The number of carbonyl (C=O) groups excluding carboxylic acids is 1. The summed E-state index contributed by atoms with van der Waals surface area (Å²) in [7, 11) is 1.64. The van der Waals surface area contributed by atoms with E-state index in [-0.39, 0.29) is 41.3 Å². The number of H-pyrrole nitrogens is 2. The first-order valence-electron chi connectivity index (χ1n) is 26.1. The lowest BCUT2D eigenvalue weighted by molar-refractivity contribution is 0.0198. The normalized spacial score (nSPS) is 17.6. The van der Waals surface area contributed by atoms with Gasteiger partial charge in [-0.2, -0.15) is 0 Å². The van der Waals surface area contributed by atoms with Crippen molar-refractivity contribution < 1.29 is 33.6 Å². The molecule has 4 fully saturated rings. The molecule has 0 radical (unpaired) electrons. The monoisotopic (exact) mass is 1040 g/mol. The Labute approximate surface area is 442 Å². The highest BCUT2D eigenvalue weighted by atomic mass is 35.5. The Kier molecular flexibility index (Phi) is 16.3. The fraction of sp³-hybridized carbons (Fsp3) is 0.407. The molecule has 4 N–H and O–H groups in total. The zero-order chi connectivity index (χ0) is 51.3. The van der Waals surface area contributed by atoms with Crippen molar-refractivity contribution in [2.75, 3.05) is 46.5 Å². The van der Waals surface area contributed by atoms with Gasteiger partial charge in [0.05, 0.1) is 42.8 Å². The molecule has 75 heavy (non-hydrogen) atoms. The van der Waals surface area contributed by atoms with Crippen molar-refractivity contribution in [2.45, 2.75) is 96.2 Å². The molecule has 0 spiro atoms. The predicted octanol–water partition coefficient (Wildman–Crippen LogP) is 11.1. The van der Waals surface area contributed by atoms with E-state index in [0.29, 0.717) is 96.2 Å². The molecule has 15 nitrogen and oxygen atoms in total. The summed E-state index contributed by atoms with van der Waals surface area (Å²) < 4.78 is 29.8. The molecular weight excluding hydrogens is 972 g/mol. The number of rotatable bonds is 14. The molecular formula is C59H67ClN6O9. The molecule has 394 valence electrons. The van der Waals surface area contributed by atoms with E-state index in [2.05, 4.69) is 27.4 Å². The molecule has 4 aromatic heterocycles. The summed E-state index contributed by atoms with van der Waals surface area (Å²) in [5, 5.41) is 15.9. The second-order valence-electron chi connectivity index (χ2n) is 21.1. The van der Waals surface area contributed by atoms with Crippen molar-refractivity contribution >= 4 is 40.6 Å². The Morgan fingerprint density at radius 1 is 0.693 bits per heavy atom. The number of phenols is 1. The zero-order valence-corrected chi connectivity index (χ0v) is 43.9. The number of aromatic amines is 2. The number of hydrogen-bond acceptors (Lipinski definition) is 12. The first-order chi connectivity index (χ1) is 35.8. The fourth-order valence-corrected chi connectivity index (χ4v) is 9.87. The maximum absolute atomic E-state index is 13.0. The van der Waals surface area contributed by atoms with Crippen LogP contribution in [-0.2, 0) is 11.3 Å². The molecule has 11 rings (SSSR count). The van der Waals surface area contributed by atoms with Crippen molar-refractivity contribution in [1.82, 2.24) is 30.2 Å². The minimum atomic E-state index is -0.577. The number of likely N-dealkylation sites (tertiary alicyclic amines) is 1. The van der Waals surface area contributed by atoms with Crippen LogP contribution >= 0.6 is 12.4 Å².